The molecule has 2 saturated heterocycles. The summed E-state index contributed by atoms with van der Waals surface area (Å²) in [6, 6.07) is 7.08. The monoisotopic (exact) mass is 371 g/mol. The average molecular weight is 371 g/mol. The summed E-state index contributed by atoms with van der Waals surface area (Å²) in [5.41, 5.74) is 0.805. The van der Waals surface area contributed by atoms with Crippen LogP contribution in [0, 0.1) is 0 Å². The summed E-state index contributed by atoms with van der Waals surface area (Å²) in [5.74, 6) is 0.492. The third kappa shape index (κ3) is 3.42. The molecule has 0 radical (unpaired) electrons. The van der Waals surface area contributed by atoms with E-state index in [-0.39, 0.29) is 12.1 Å². The number of hydrogen-bond acceptors (Lipinski definition) is 6. The minimum atomic E-state index is -0.604. The fourth-order valence-corrected chi connectivity index (χ4v) is 3.61. The summed E-state index contributed by atoms with van der Waals surface area (Å²) in [6.07, 6.45) is 1.22. The van der Waals surface area contributed by atoms with Gasteiger partial charge in [-0.05, 0) is 30.2 Å². The molecule has 0 unspecified atom stereocenters. The molecule has 1 N–H and O–H groups in total. The van der Waals surface area contributed by atoms with Gasteiger partial charge in [-0.15, -0.1) is 10.2 Å². The van der Waals surface area contributed by atoms with Gasteiger partial charge >= 0.3 is 12.1 Å². The van der Waals surface area contributed by atoms with Crippen molar-refractivity contribution < 1.29 is 14.3 Å². The summed E-state index contributed by atoms with van der Waals surface area (Å²) in [4.78, 5) is 29.1. The van der Waals surface area contributed by atoms with E-state index >= 15 is 0 Å². The number of likely N-dealkylation sites (tertiary alicyclic amines) is 1. The SMILES string of the molecule is CN1C[C@]2(CCCN(C(=O)Nc3cccc(-c4nnn(C)n4)c3)C2)OC1=O. The Morgan fingerprint density at radius 1 is 1.30 bits per heavy atom. The number of amides is 3. The molecule has 10 heteroatoms. The van der Waals surface area contributed by atoms with Gasteiger partial charge in [0.05, 0.1) is 20.1 Å². The molecule has 2 aromatic rings. The van der Waals surface area contributed by atoms with E-state index in [9.17, 15) is 9.59 Å². The number of likely N-dealkylation sites (N-methyl/N-ethyl adjacent to an activating group) is 1. The molecule has 4 rings (SSSR count). The highest BCUT2D eigenvalue weighted by Gasteiger charge is 2.47. The fraction of sp³-hybridized carbons (Fsp3) is 0.471. The average Bonchev–Trinajstić information content (AvgIpc) is 3.18. The molecular formula is C17H21N7O3. The van der Waals surface area contributed by atoms with E-state index < -0.39 is 5.60 Å². The maximum absolute atomic E-state index is 12.7. The number of aryl methyl sites for hydroxylation is 1. The number of hydrogen-bond donors (Lipinski definition) is 1. The number of anilines is 1. The number of urea groups is 1. The molecule has 0 bridgehead atoms. The van der Waals surface area contributed by atoms with Crippen LogP contribution in [0.25, 0.3) is 11.4 Å². The standard InChI is InChI=1S/C17H21N7O3/c1-22-10-17(27-16(22)26)7-4-8-24(11-17)15(25)18-13-6-3-5-12(9-13)14-19-21-23(2)20-14/h3,5-6,9H,4,7-8,10-11H2,1-2H3,(H,18,25)/t17-/m0/s1. The van der Waals surface area contributed by atoms with Gasteiger partial charge in [-0.3, -0.25) is 0 Å². The molecule has 27 heavy (non-hydrogen) atoms. The van der Waals surface area contributed by atoms with Gasteiger partial charge in [0.1, 0.15) is 5.60 Å². The molecule has 1 spiro atoms. The van der Waals surface area contributed by atoms with E-state index in [1.54, 1.807) is 36.0 Å². The Hall–Kier alpha value is -3.17. The molecule has 0 saturated carbocycles. The van der Waals surface area contributed by atoms with Gasteiger partial charge in [0.25, 0.3) is 0 Å². The second kappa shape index (κ2) is 6.53. The van der Waals surface area contributed by atoms with Crippen LogP contribution >= 0.6 is 0 Å². The number of piperidine rings is 1. The third-order valence-corrected chi connectivity index (χ3v) is 4.85. The van der Waals surface area contributed by atoms with Crippen molar-refractivity contribution in [2.45, 2.75) is 18.4 Å². The summed E-state index contributed by atoms with van der Waals surface area (Å²) in [6.45, 7) is 1.52. The van der Waals surface area contributed by atoms with E-state index in [0.717, 1.165) is 18.4 Å². The zero-order valence-electron chi connectivity index (χ0n) is 15.3. The summed E-state index contributed by atoms with van der Waals surface area (Å²) < 4.78 is 5.55. The lowest BCUT2D eigenvalue weighted by Crippen LogP contribution is -2.53. The van der Waals surface area contributed by atoms with Gasteiger partial charge in [0, 0.05) is 24.8 Å². The van der Waals surface area contributed by atoms with Crippen LogP contribution in [0.1, 0.15) is 12.8 Å². The Labute approximate surface area is 156 Å². The van der Waals surface area contributed by atoms with Crippen molar-refractivity contribution in [3.63, 3.8) is 0 Å². The second-order valence-corrected chi connectivity index (χ2v) is 7.05. The Morgan fingerprint density at radius 2 is 2.15 bits per heavy atom. The number of benzene rings is 1. The molecule has 10 nitrogen and oxygen atoms in total. The van der Waals surface area contributed by atoms with Gasteiger partial charge in [0.15, 0.2) is 0 Å². The van der Waals surface area contributed by atoms with Crippen LogP contribution in [0.3, 0.4) is 0 Å². The van der Waals surface area contributed by atoms with Crippen molar-refractivity contribution in [3.05, 3.63) is 24.3 Å². The molecule has 1 aromatic carbocycles. The van der Waals surface area contributed by atoms with Crippen molar-refractivity contribution in [2.75, 3.05) is 32.0 Å². The highest BCUT2D eigenvalue weighted by Crippen LogP contribution is 2.31. The van der Waals surface area contributed by atoms with Crippen LogP contribution in [-0.4, -0.2) is 74.4 Å². The number of aromatic nitrogens is 4. The summed E-state index contributed by atoms with van der Waals surface area (Å²) >= 11 is 0. The van der Waals surface area contributed by atoms with Crippen LogP contribution in [-0.2, 0) is 11.8 Å². The number of nitrogens with one attached hydrogen (secondary N) is 1. The molecule has 2 aliphatic heterocycles. The number of tetrazole rings is 1. The first-order valence-electron chi connectivity index (χ1n) is 8.79. The molecular weight excluding hydrogens is 350 g/mol. The van der Waals surface area contributed by atoms with Gasteiger partial charge < -0.3 is 19.9 Å². The highest BCUT2D eigenvalue weighted by atomic mass is 16.6. The van der Waals surface area contributed by atoms with E-state index in [1.807, 2.05) is 12.1 Å². The largest absolute Gasteiger partial charge is 0.439 e. The van der Waals surface area contributed by atoms with Crippen molar-refractivity contribution in [2.24, 2.45) is 7.05 Å². The molecule has 2 fully saturated rings. The summed E-state index contributed by atoms with van der Waals surface area (Å²) in [5, 5.41) is 14.9. The predicted molar refractivity (Wildman–Crippen MR) is 95.9 cm³/mol. The normalized spacial score (nSPS) is 22.2. The maximum Gasteiger partial charge on any atom is 0.410 e. The summed E-state index contributed by atoms with van der Waals surface area (Å²) in [7, 11) is 3.41. The smallest absolute Gasteiger partial charge is 0.410 e. The quantitative estimate of drug-likeness (QED) is 0.854. The molecule has 3 amide bonds. The topological polar surface area (TPSA) is 105 Å². The first-order valence-corrected chi connectivity index (χ1v) is 8.79. The van der Waals surface area contributed by atoms with E-state index in [4.69, 9.17) is 4.74 Å². The zero-order chi connectivity index (χ0) is 19.0. The number of carbonyl (C=O) groups excluding carboxylic acids is 2. The van der Waals surface area contributed by atoms with Crippen LogP contribution in [0.2, 0.25) is 0 Å². The van der Waals surface area contributed by atoms with Crippen molar-refractivity contribution in [1.29, 1.82) is 0 Å². The molecule has 0 aliphatic carbocycles. The maximum atomic E-state index is 12.7. The van der Waals surface area contributed by atoms with Crippen LogP contribution < -0.4 is 5.32 Å². The Kier molecular flexibility index (Phi) is 4.17. The van der Waals surface area contributed by atoms with Gasteiger partial charge in [-0.25, -0.2) is 9.59 Å². The van der Waals surface area contributed by atoms with Gasteiger partial charge in [-0.2, -0.15) is 4.80 Å². The number of nitrogens with zero attached hydrogens (tertiary/aromatic N) is 6. The Morgan fingerprint density at radius 3 is 2.85 bits per heavy atom. The highest BCUT2D eigenvalue weighted by molar-refractivity contribution is 5.90. The molecule has 1 aromatic heterocycles. The molecule has 3 heterocycles. The number of ether oxygens (including phenoxy) is 1. The van der Waals surface area contributed by atoms with E-state index in [1.165, 1.54) is 4.80 Å². The molecule has 2 aliphatic rings. The van der Waals surface area contributed by atoms with Crippen LogP contribution in [0.5, 0.6) is 0 Å². The minimum Gasteiger partial charge on any atom is -0.439 e. The number of carbonyl (C=O) groups is 2. The fourth-order valence-electron chi connectivity index (χ4n) is 3.61. The van der Waals surface area contributed by atoms with Crippen LogP contribution in [0.4, 0.5) is 15.3 Å². The number of rotatable bonds is 2. The predicted octanol–water partition coefficient (Wildman–Crippen LogP) is 1.33. The second-order valence-electron chi connectivity index (χ2n) is 7.05. The van der Waals surface area contributed by atoms with Crippen LogP contribution in [0.15, 0.2) is 24.3 Å². The molecule has 142 valence electrons. The lowest BCUT2D eigenvalue weighted by Gasteiger charge is -2.38. The Bertz CT molecular complexity index is 883. The van der Waals surface area contributed by atoms with Crippen molar-refractivity contribution >= 4 is 17.8 Å². The van der Waals surface area contributed by atoms with Gasteiger partial charge in [-0.1, -0.05) is 12.1 Å². The van der Waals surface area contributed by atoms with Gasteiger partial charge in [0.2, 0.25) is 5.82 Å². The van der Waals surface area contributed by atoms with Crippen molar-refractivity contribution in [3.8, 4) is 11.4 Å². The minimum absolute atomic E-state index is 0.219. The van der Waals surface area contributed by atoms with E-state index in [2.05, 4.69) is 20.7 Å². The Balaban J connectivity index is 1.45. The zero-order valence-corrected chi connectivity index (χ0v) is 15.3. The first kappa shape index (κ1) is 17.3. The first-order chi connectivity index (χ1) is 12.9. The van der Waals surface area contributed by atoms with Crippen molar-refractivity contribution in [1.82, 2.24) is 30.0 Å². The lowest BCUT2D eigenvalue weighted by molar-refractivity contribution is 0.00497. The third-order valence-electron chi connectivity index (χ3n) is 4.85. The van der Waals surface area contributed by atoms with E-state index in [0.29, 0.717) is 31.1 Å². The lowest BCUT2D eigenvalue weighted by atomic mass is 9.93. The molecule has 1 atom stereocenters.